The van der Waals surface area contributed by atoms with Gasteiger partial charge in [-0.2, -0.15) is 0 Å². The van der Waals surface area contributed by atoms with Gasteiger partial charge in [0.1, 0.15) is 0 Å². The van der Waals surface area contributed by atoms with Crippen molar-refractivity contribution in [2.45, 2.75) is 39.0 Å². The zero-order valence-electron chi connectivity index (χ0n) is 15.6. The lowest BCUT2D eigenvalue weighted by Crippen LogP contribution is -2.24. The van der Waals surface area contributed by atoms with E-state index >= 15 is 0 Å². The van der Waals surface area contributed by atoms with E-state index in [-0.39, 0.29) is 29.1 Å². The highest BCUT2D eigenvalue weighted by Crippen LogP contribution is 2.25. The van der Waals surface area contributed by atoms with Crippen molar-refractivity contribution in [3.8, 4) is 0 Å². The van der Waals surface area contributed by atoms with E-state index in [1.54, 1.807) is 31.2 Å². The second-order valence-electron chi connectivity index (χ2n) is 6.53. The molecule has 8 nitrogen and oxygen atoms in total. The molecule has 1 fully saturated rings. The highest BCUT2D eigenvalue weighted by molar-refractivity contribution is 7.10. The maximum absolute atomic E-state index is 12.6. The molecule has 0 saturated heterocycles. The second-order valence-corrected chi connectivity index (χ2v) is 7.28. The summed E-state index contributed by atoms with van der Waals surface area (Å²) in [6.07, 6.45) is 5.14. The number of amides is 2. The third-order valence-corrected chi connectivity index (χ3v) is 5.19. The number of aromatic nitrogens is 2. The molecule has 1 aliphatic rings. The first-order chi connectivity index (χ1) is 13.6. The molecule has 1 aromatic carbocycles. The third kappa shape index (κ3) is 4.92. The van der Waals surface area contributed by atoms with Gasteiger partial charge in [0.25, 0.3) is 5.91 Å². The van der Waals surface area contributed by atoms with Crippen LogP contribution in [0.4, 0.5) is 10.7 Å². The van der Waals surface area contributed by atoms with Crippen LogP contribution in [0.25, 0.3) is 0 Å². The van der Waals surface area contributed by atoms with Crippen LogP contribution in [-0.4, -0.2) is 34.0 Å². The summed E-state index contributed by atoms with van der Waals surface area (Å²) in [6.45, 7) is 1.88. The van der Waals surface area contributed by atoms with Crippen molar-refractivity contribution in [3.63, 3.8) is 0 Å². The summed E-state index contributed by atoms with van der Waals surface area (Å²) in [7, 11) is 0. The summed E-state index contributed by atoms with van der Waals surface area (Å²) in [5.74, 6) is -1.04. The minimum absolute atomic E-state index is 0.00601. The van der Waals surface area contributed by atoms with Crippen molar-refractivity contribution < 1.29 is 19.1 Å². The largest absolute Gasteiger partial charge is 0.461 e. The quantitative estimate of drug-likeness (QED) is 0.716. The molecule has 0 unspecified atom stereocenters. The molecule has 1 aliphatic carbocycles. The molecule has 9 heteroatoms. The number of nitrogens with one attached hydrogen (secondary N) is 2. The van der Waals surface area contributed by atoms with Gasteiger partial charge in [-0.3, -0.25) is 9.59 Å². The fourth-order valence-electron chi connectivity index (χ4n) is 3.13. The van der Waals surface area contributed by atoms with E-state index in [1.807, 2.05) is 0 Å². The van der Waals surface area contributed by atoms with Crippen LogP contribution in [0.15, 0.2) is 24.3 Å². The Bertz CT molecular complexity index is 861. The van der Waals surface area contributed by atoms with E-state index < -0.39 is 11.9 Å². The first-order valence-corrected chi connectivity index (χ1v) is 10.1. The summed E-state index contributed by atoms with van der Waals surface area (Å²) in [4.78, 5) is 36.8. The molecule has 0 bridgehead atoms. The Balaban J connectivity index is 1.66. The van der Waals surface area contributed by atoms with Gasteiger partial charge >= 0.3 is 5.97 Å². The van der Waals surface area contributed by atoms with Crippen molar-refractivity contribution in [1.82, 2.24) is 9.59 Å². The normalized spacial score (nSPS) is 14.3. The molecule has 0 radical (unpaired) electrons. The van der Waals surface area contributed by atoms with E-state index in [1.165, 1.54) is 6.42 Å². The van der Waals surface area contributed by atoms with Crippen LogP contribution in [0, 0.1) is 5.92 Å². The summed E-state index contributed by atoms with van der Waals surface area (Å²) in [6, 6.07) is 6.68. The standard InChI is InChI=1S/C19H22N4O4S/c1-2-27-19(26)15-18(28-23-22-15)21-17(25)13-9-6-10-14(11-13)20-16(24)12-7-4-3-5-8-12/h6,9-12H,2-5,7-8H2,1H3,(H,20,24)(H,21,25). The molecule has 0 spiro atoms. The van der Waals surface area contributed by atoms with Gasteiger partial charge in [-0.25, -0.2) is 4.79 Å². The minimum atomic E-state index is -0.639. The average Bonchev–Trinajstić information content (AvgIpc) is 3.17. The fourth-order valence-corrected chi connectivity index (χ4v) is 3.68. The zero-order valence-corrected chi connectivity index (χ0v) is 16.4. The topological polar surface area (TPSA) is 110 Å². The van der Waals surface area contributed by atoms with Gasteiger partial charge in [0.05, 0.1) is 6.61 Å². The number of hydrogen-bond acceptors (Lipinski definition) is 7. The summed E-state index contributed by atoms with van der Waals surface area (Å²) < 4.78 is 8.60. The number of hydrogen-bond donors (Lipinski definition) is 2. The summed E-state index contributed by atoms with van der Waals surface area (Å²) in [5, 5.41) is 9.46. The van der Waals surface area contributed by atoms with Crippen LogP contribution >= 0.6 is 11.5 Å². The van der Waals surface area contributed by atoms with Gasteiger partial charge in [0, 0.05) is 28.7 Å². The minimum Gasteiger partial charge on any atom is -0.461 e. The zero-order chi connectivity index (χ0) is 19.9. The summed E-state index contributed by atoms with van der Waals surface area (Å²) in [5.41, 5.74) is 0.892. The van der Waals surface area contributed by atoms with E-state index in [9.17, 15) is 14.4 Å². The number of rotatable bonds is 6. The van der Waals surface area contributed by atoms with Crippen molar-refractivity contribution in [3.05, 3.63) is 35.5 Å². The molecule has 3 rings (SSSR count). The first-order valence-electron chi connectivity index (χ1n) is 9.30. The van der Waals surface area contributed by atoms with Gasteiger partial charge in [0.2, 0.25) is 11.6 Å². The Hall–Kier alpha value is -2.81. The smallest absolute Gasteiger partial charge is 0.362 e. The van der Waals surface area contributed by atoms with Crippen LogP contribution in [-0.2, 0) is 9.53 Å². The Kier molecular flexibility index (Phi) is 6.70. The highest BCUT2D eigenvalue weighted by Gasteiger charge is 2.22. The van der Waals surface area contributed by atoms with Gasteiger partial charge in [-0.05, 0) is 38.0 Å². The molecule has 28 heavy (non-hydrogen) atoms. The van der Waals surface area contributed by atoms with Gasteiger partial charge in [-0.1, -0.05) is 29.8 Å². The first kappa shape index (κ1) is 19.9. The predicted octanol–water partition coefficient (Wildman–Crippen LogP) is 3.49. The molecule has 1 heterocycles. The number of anilines is 2. The molecule has 0 atom stereocenters. The molecule has 0 aliphatic heterocycles. The molecular weight excluding hydrogens is 380 g/mol. The fraction of sp³-hybridized carbons (Fsp3) is 0.421. The third-order valence-electron chi connectivity index (χ3n) is 4.55. The molecule has 148 valence electrons. The van der Waals surface area contributed by atoms with Crippen LogP contribution in [0.3, 0.4) is 0 Å². The van der Waals surface area contributed by atoms with Crippen molar-refractivity contribution >= 4 is 40.0 Å². The molecule has 2 N–H and O–H groups in total. The van der Waals surface area contributed by atoms with E-state index in [0.717, 1.165) is 37.2 Å². The van der Waals surface area contributed by atoms with Crippen LogP contribution in [0.1, 0.15) is 59.9 Å². The average molecular weight is 402 g/mol. The Morgan fingerprint density at radius 2 is 1.96 bits per heavy atom. The number of carbonyl (C=O) groups excluding carboxylic acids is 3. The number of benzene rings is 1. The predicted molar refractivity (Wildman–Crippen MR) is 105 cm³/mol. The molecule has 1 saturated carbocycles. The van der Waals surface area contributed by atoms with Crippen molar-refractivity contribution in [2.75, 3.05) is 17.2 Å². The Labute approximate surface area is 166 Å². The monoisotopic (exact) mass is 402 g/mol. The Morgan fingerprint density at radius 3 is 2.71 bits per heavy atom. The van der Waals surface area contributed by atoms with Crippen LogP contribution in [0.2, 0.25) is 0 Å². The number of nitrogens with zero attached hydrogens (tertiary/aromatic N) is 2. The number of carbonyl (C=O) groups is 3. The SMILES string of the molecule is CCOC(=O)c1nnsc1NC(=O)c1cccc(NC(=O)C2CCCCC2)c1. The second kappa shape index (κ2) is 9.41. The lowest BCUT2D eigenvalue weighted by molar-refractivity contribution is -0.120. The van der Waals surface area contributed by atoms with E-state index in [4.69, 9.17) is 4.74 Å². The van der Waals surface area contributed by atoms with E-state index in [0.29, 0.717) is 11.3 Å². The number of ether oxygens (including phenoxy) is 1. The highest BCUT2D eigenvalue weighted by atomic mass is 32.1. The van der Waals surface area contributed by atoms with Crippen LogP contribution in [0.5, 0.6) is 0 Å². The lowest BCUT2D eigenvalue weighted by Gasteiger charge is -2.20. The molecule has 2 amide bonds. The maximum atomic E-state index is 12.6. The van der Waals surface area contributed by atoms with Crippen molar-refractivity contribution in [1.29, 1.82) is 0 Å². The molecular formula is C19H22N4O4S. The lowest BCUT2D eigenvalue weighted by atomic mass is 9.88. The van der Waals surface area contributed by atoms with Crippen molar-refractivity contribution in [2.24, 2.45) is 5.92 Å². The van der Waals surface area contributed by atoms with Gasteiger partial charge < -0.3 is 15.4 Å². The Morgan fingerprint density at radius 1 is 1.18 bits per heavy atom. The molecule has 1 aromatic heterocycles. The molecule has 2 aromatic rings. The number of esters is 1. The van der Waals surface area contributed by atoms with Crippen LogP contribution < -0.4 is 10.6 Å². The summed E-state index contributed by atoms with van der Waals surface area (Å²) >= 11 is 0.897. The van der Waals surface area contributed by atoms with Gasteiger partial charge in [-0.15, -0.1) is 5.10 Å². The van der Waals surface area contributed by atoms with E-state index in [2.05, 4.69) is 20.2 Å². The maximum Gasteiger partial charge on any atom is 0.362 e. The van der Waals surface area contributed by atoms with Gasteiger partial charge in [0.15, 0.2) is 5.00 Å².